The number of methoxy groups -OCH3 is 1. The fourth-order valence-electron chi connectivity index (χ4n) is 2.67. The molecule has 0 N–H and O–H groups in total. The van der Waals surface area contributed by atoms with Crippen LogP contribution in [0.1, 0.15) is 33.6 Å². The summed E-state index contributed by atoms with van der Waals surface area (Å²) in [7, 11) is -2.74. The van der Waals surface area contributed by atoms with Crippen molar-refractivity contribution >= 4 is 21.9 Å². The predicted molar refractivity (Wildman–Crippen MR) is 75.0 cm³/mol. The number of rotatable bonds is 3. The van der Waals surface area contributed by atoms with E-state index in [4.69, 9.17) is 4.74 Å². The summed E-state index contributed by atoms with van der Waals surface area (Å²) in [5.74, 6) is -1.23. The van der Waals surface area contributed by atoms with Crippen LogP contribution in [0, 0.1) is 0 Å². The van der Waals surface area contributed by atoms with Crippen LogP contribution >= 0.6 is 0 Å². The Hall–Kier alpha value is -1.93. The zero-order valence-corrected chi connectivity index (χ0v) is 12.8. The minimum atomic E-state index is -3.95. The van der Waals surface area contributed by atoms with Gasteiger partial charge in [0.25, 0.3) is 15.9 Å². The van der Waals surface area contributed by atoms with Crippen molar-refractivity contribution in [3.63, 3.8) is 0 Å². The van der Waals surface area contributed by atoms with Crippen LogP contribution in [0.4, 0.5) is 0 Å². The van der Waals surface area contributed by atoms with Gasteiger partial charge in [-0.3, -0.25) is 4.79 Å². The molecule has 0 aliphatic carbocycles. The Bertz CT molecular complexity index is 736. The minimum Gasteiger partial charge on any atom is -0.465 e. The van der Waals surface area contributed by atoms with Gasteiger partial charge in [0.2, 0.25) is 0 Å². The fourth-order valence-corrected chi connectivity index (χ4v) is 4.30. The Morgan fingerprint density at radius 2 is 2.23 bits per heavy atom. The molecule has 0 spiro atoms. The summed E-state index contributed by atoms with van der Waals surface area (Å²) in [6, 6.07) is 3.91. The van der Waals surface area contributed by atoms with Crippen LogP contribution in [-0.2, 0) is 19.5 Å². The number of benzene rings is 1. The molecule has 1 fully saturated rings. The van der Waals surface area contributed by atoms with Gasteiger partial charge in [0.1, 0.15) is 4.90 Å². The van der Waals surface area contributed by atoms with E-state index < -0.39 is 21.9 Å². The van der Waals surface area contributed by atoms with Crippen LogP contribution in [0.5, 0.6) is 0 Å². The number of fused-ring (bicyclic) bond motifs is 1. The summed E-state index contributed by atoms with van der Waals surface area (Å²) in [5.41, 5.74) is 0.169. The molecule has 118 valence electrons. The molecular weight excluding hydrogens is 310 g/mol. The Morgan fingerprint density at radius 3 is 2.86 bits per heavy atom. The highest BCUT2D eigenvalue weighted by Crippen LogP contribution is 2.32. The van der Waals surface area contributed by atoms with E-state index in [1.165, 1.54) is 25.3 Å². The largest absolute Gasteiger partial charge is 0.465 e. The molecule has 1 aromatic carbocycles. The van der Waals surface area contributed by atoms with Crippen LogP contribution in [0.15, 0.2) is 23.1 Å². The molecule has 1 saturated heterocycles. The summed E-state index contributed by atoms with van der Waals surface area (Å²) in [4.78, 5) is 23.7. The molecule has 2 aliphatic rings. The van der Waals surface area contributed by atoms with E-state index in [2.05, 4.69) is 4.74 Å². The molecule has 8 heteroatoms. The fraction of sp³-hybridized carbons (Fsp3) is 0.429. The van der Waals surface area contributed by atoms with Crippen molar-refractivity contribution in [2.45, 2.75) is 23.8 Å². The maximum atomic E-state index is 12.5. The number of sulfonamides is 1. The van der Waals surface area contributed by atoms with Gasteiger partial charge in [0, 0.05) is 6.61 Å². The van der Waals surface area contributed by atoms with Gasteiger partial charge in [-0.1, -0.05) is 0 Å². The van der Waals surface area contributed by atoms with Gasteiger partial charge < -0.3 is 9.47 Å². The first-order chi connectivity index (χ1) is 10.4. The van der Waals surface area contributed by atoms with Crippen molar-refractivity contribution < 1.29 is 27.5 Å². The Kier molecular flexibility index (Phi) is 3.65. The number of hydrogen-bond acceptors (Lipinski definition) is 6. The van der Waals surface area contributed by atoms with Crippen LogP contribution in [-0.4, -0.2) is 51.0 Å². The van der Waals surface area contributed by atoms with E-state index >= 15 is 0 Å². The molecule has 2 heterocycles. The topological polar surface area (TPSA) is 90.0 Å². The van der Waals surface area contributed by atoms with Crippen molar-refractivity contribution in [1.82, 2.24) is 4.31 Å². The summed E-state index contributed by atoms with van der Waals surface area (Å²) in [6.07, 6.45) is 1.31. The third-order valence-electron chi connectivity index (χ3n) is 3.82. The smallest absolute Gasteiger partial charge is 0.337 e. The first-order valence-electron chi connectivity index (χ1n) is 6.86. The predicted octanol–water partition coefficient (Wildman–Crippen LogP) is 0.797. The first kappa shape index (κ1) is 15.0. The molecule has 0 aromatic heterocycles. The van der Waals surface area contributed by atoms with Gasteiger partial charge in [-0.2, -0.15) is 0 Å². The number of carbonyl (C=O) groups excluding carboxylic acids is 2. The number of amides is 1. The molecule has 0 unspecified atom stereocenters. The van der Waals surface area contributed by atoms with Gasteiger partial charge in [-0.25, -0.2) is 17.5 Å². The minimum absolute atomic E-state index is 0.00338. The van der Waals surface area contributed by atoms with E-state index in [1.807, 2.05) is 0 Å². The molecule has 7 nitrogen and oxygen atoms in total. The lowest BCUT2D eigenvalue weighted by Crippen LogP contribution is -2.36. The highest BCUT2D eigenvalue weighted by molar-refractivity contribution is 7.90. The zero-order chi connectivity index (χ0) is 15.9. The molecule has 3 rings (SSSR count). The molecular formula is C14H15NO6S. The standard InChI is InChI=1S/C14H15NO6S/c1-20-14(17)9-4-5-11-12(7-9)22(18,19)15(13(11)16)8-10-3-2-6-21-10/h4-5,7,10H,2-3,6,8H2,1H3/t10-/m0/s1. The normalized spacial score (nSPS) is 22.7. The van der Waals surface area contributed by atoms with Crippen LogP contribution in [0.3, 0.4) is 0 Å². The number of nitrogens with zero attached hydrogens (tertiary/aromatic N) is 1. The molecule has 1 aromatic rings. The van der Waals surface area contributed by atoms with Gasteiger partial charge in [0.15, 0.2) is 0 Å². The summed E-state index contributed by atoms with van der Waals surface area (Å²) < 4.78 is 35.9. The number of carbonyl (C=O) groups is 2. The molecule has 0 radical (unpaired) electrons. The Balaban J connectivity index is 1.97. The maximum absolute atomic E-state index is 12.5. The summed E-state index contributed by atoms with van der Waals surface area (Å²) in [6.45, 7) is 0.579. The second kappa shape index (κ2) is 5.36. The van der Waals surface area contributed by atoms with Crippen molar-refractivity contribution in [1.29, 1.82) is 0 Å². The van der Waals surface area contributed by atoms with Crippen molar-refractivity contribution in [3.05, 3.63) is 29.3 Å². The third-order valence-corrected chi connectivity index (χ3v) is 5.61. The van der Waals surface area contributed by atoms with Gasteiger partial charge in [-0.15, -0.1) is 0 Å². The third kappa shape index (κ3) is 2.28. The Morgan fingerprint density at radius 1 is 1.45 bits per heavy atom. The molecule has 2 aliphatic heterocycles. The highest BCUT2D eigenvalue weighted by atomic mass is 32.2. The maximum Gasteiger partial charge on any atom is 0.337 e. The van der Waals surface area contributed by atoms with E-state index in [0.717, 1.165) is 17.1 Å². The van der Waals surface area contributed by atoms with Gasteiger partial charge in [0.05, 0.1) is 30.9 Å². The van der Waals surface area contributed by atoms with Gasteiger partial charge >= 0.3 is 5.97 Å². The van der Waals surface area contributed by atoms with Crippen LogP contribution in [0.2, 0.25) is 0 Å². The van der Waals surface area contributed by atoms with Crippen molar-refractivity contribution in [2.75, 3.05) is 20.3 Å². The molecule has 0 saturated carbocycles. The van der Waals surface area contributed by atoms with E-state index in [1.54, 1.807) is 0 Å². The average molecular weight is 325 g/mol. The van der Waals surface area contributed by atoms with Gasteiger partial charge in [-0.05, 0) is 31.0 Å². The highest BCUT2D eigenvalue weighted by Gasteiger charge is 2.43. The second-order valence-corrected chi connectivity index (χ2v) is 7.01. The van der Waals surface area contributed by atoms with Crippen molar-refractivity contribution in [3.8, 4) is 0 Å². The summed E-state index contributed by atoms with van der Waals surface area (Å²) >= 11 is 0. The van der Waals surface area contributed by atoms with Crippen LogP contribution < -0.4 is 0 Å². The number of esters is 1. The molecule has 1 amide bonds. The second-order valence-electron chi connectivity index (χ2n) is 5.18. The van der Waals surface area contributed by atoms with Crippen LogP contribution in [0.25, 0.3) is 0 Å². The lowest BCUT2D eigenvalue weighted by atomic mass is 10.1. The number of hydrogen-bond donors (Lipinski definition) is 0. The Labute approximate surface area is 127 Å². The lowest BCUT2D eigenvalue weighted by Gasteiger charge is -2.18. The zero-order valence-electron chi connectivity index (χ0n) is 11.9. The average Bonchev–Trinajstić information content (AvgIpc) is 3.08. The van der Waals surface area contributed by atoms with E-state index in [-0.39, 0.29) is 28.7 Å². The SMILES string of the molecule is COC(=O)c1ccc2c(c1)S(=O)(=O)N(C[C@@H]1CCCO1)C2=O. The van der Waals surface area contributed by atoms with E-state index in [0.29, 0.717) is 6.61 Å². The number of ether oxygens (including phenoxy) is 2. The lowest BCUT2D eigenvalue weighted by molar-refractivity contribution is 0.0599. The molecule has 22 heavy (non-hydrogen) atoms. The van der Waals surface area contributed by atoms with E-state index in [9.17, 15) is 18.0 Å². The summed E-state index contributed by atoms with van der Waals surface area (Å²) in [5, 5.41) is 0. The quantitative estimate of drug-likeness (QED) is 0.764. The molecule has 1 atom stereocenters. The molecule has 0 bridgehead atoms. The van der Waals surface area contributed by atoms with Crippen molar-refractivity contribution in [2.24, 2.45) is 0 Å². The monoisotopic (exact) mass is 325 g/mol. The first-order valence-corrected chi connectivity index (χ1v) is 8.30.